The molecule has 1 atom stereocenters. The summed E-state index contributed by atoms with van der Waals surface area (Å²) in [5, 5.41) is 4.34. The Labute approximate surface area is 105 Å². The van der Waals surface area contributed by atoms with Crippen molar-refractivity contribution in [3.8, 4) is 0 Å². The molecule has 0 saturated heterocycles. The van der Waals surface area contributed by atoms with Crippen LogP contribution in [0.25, 0.3) is 0 Å². The van der Waals surface area contributed by atoms with Crippen LogP contribution in [-0.4, -0.2) is 28.2 Å². The number of nitrogens with one attached hydrogen (secondary N) is 1. The van der Waals surface area contributed by atoms with E-state index in [0.717, 1.165) is 28.4 Å². The largest absolute Gasteiger partial charge is 0.372 e. The molecule has 1 N–H and O–H groups in total. The summed E-state index contributed by atoms with van der Waals surface area (Å²) in [6.07, 6.45) is 3.14. The molecule has 0 spiro atoms. The molecule has 1 aromatic heterocycles. The van der Waals surface area contributed by atoms with Gasteiger partial charge in [0, 0.05) is 11.8 Å². The first-order chi connectivity index (χ1) is 7.60. The fourth-order valence-corrected chi connectivity index (χ4v) is 3.17. The van der Waals surface area contributed by atoms with Gasteiger partial charge >= 0.3 is 0 Å². The number of nitrogens with zero attached hydrogens (tertiary/aromatic N) is 1. The van der Waals surface area contributed by atoms with Crippen LogP contribution in [0.4, 0.5) is 5.00 Å². The minimum absolute atomic E-state index is 0.0905. The molecule has 0 aliphatic carbocycles. The third-order valence-electron chi connectivity index (χ3n) is 2.41. The number of aryl methyl sites for hydroxylation is 1. The van der Waals surface area contributed by atoms with E-state index in [-0.39, 0.29) is 5.78 Å². The molecular formula is C11H18N2OS2. The second kappa shape index (κ2) is 6.25. The fraction of sp³-hybridized carbons (Fsp3) is 0.636. The average molecular weight is 258 g/mol. The third-order valence-corrected chi connectivity index (χ3v) is 4.02. The van der Waals surface area contributed by atoms with Gasteiger partial charge in [-0.25, -0.2) is 0 Å². The van der Waals surface area contributed by atoms with Gasteiger partial charge < -0.3 is 5.32 Å². The Morgan fingerprint density at radius 2 is 2.31 bits per heavy atom. The molecule has 3 nitrogen and oxygen atoms in total. The second-order valence-corrected chi connectivity index (χ2v) is 5.42. The lowest BCUT2D eigenvalue weighted by molar-refractivity contribution is 0.101. The Kier molecular flexibility index (Phi) is 5.28. The molecule has 0 saturated carbocycles. The van der Waals surface area contributed by atoms with Crippen molar-refractivity contribution in [1.29, 1.82) is 0 Å². The number of rotatable bonds is 6. The van der Waals surface area contributed by atoms with E-state index in [1.54, 1.807) is 6.92 Å². The summed E-state index contributed by atoms with van der Waals surface area (Å²) < 4.78 is 4.24. The SMILES string of the molecule is CCC(CSC)Nc1snc(C)c1C(C)=O. The van der Waals surface area contributed by atoms with Gasteiger partial charge in [0.2, 0.25) is 0 Å². The monoisotopic (exact) mass is 258 g/mol. The number of carbonyl (C=O) groups is 1. The van der Waals surface area contributed by atoms with E-state index in [2.05, 4.69) is 22.9 Å². The molecule has 0 radical (unpaired) electrons. The van der Waals surface area contributed by atoms with Crippen molar-refractivity contribution in [2.24, 2.45) is 0 Å². The van der Waals surface area contributed by atoms with Crippen LogP contribution in [0.2, 0.25) is 0 Å². The summed E-state index contributed by atoms with van der Waals surface area (Å²) in [5.41, 5.74) is 1.59. The van der Waals surface area contributed by atoms with Crippen LogP contribution < -0.4 is 5.32 Å². The Hall–Kier alpha value is -0.550. The molecule has 1 unspecified atom stereocenters. The Bertz CT molecular complexity index is 363. The van der Waals surface area contributed by atoms with Gasteiger partial charge in [0.15, 0.2) is 5.78 Å². The van der Waals surface area contributed by atoms with Gasteiger partial charge in [-0.3, -0.25) is 4.79 Å². The number of hydrogen-bond donors (Lipinski definition) is 1. The van der Waals surface area contributed by atoms with Crippen LogP contribution in [0.1, 0.15) is 36.3 Å². The highest BCUT2D eigenvalue weighted by molar-refractivity contribution is 7.98. The topological polar surface area (TPSA) is 42.0 Å². The maximum atomic E-state index is 11.5. The standard InChI is InChI=1S/C11H18N2OS2/c1-5-9(6-15-4)12-11-10(8(3)14)7(2)13-16-11/h9,12H,5-6H2,1-4H3. The molecule has 0 amide bonds. The maximum absolute atomic E-state index is 11.5. The zero-order valence-corrected chi connectivity index (χ0v) is 11.8. The number of Topliss-reactive ketones (excluding diaryl/α,β-unsaturated/α-hetero) is 1. The van der Waals surface area contributed by atoms with Crippen LogP contribution in [-0.2, 0) is 0 Å². The van der Waals surface area contributed by atoms with E-state index >= 15 is 0 Å². The molecule has 1 rings (SSSR count). The predicted molar refractivity (Wildman–Crippen MR) is 72.9 cm³/mol. The zero-order valence-electron chi connectivity index (χ0n) is 10.2. The number of thioether (sulfide) groups is 1. The van der Waals surface area contributed by atoms with Gasteiger partial charge in [-0.15, -0.1) is 0 Å². The summed E-state index contributed by atoms with van der Waals surface area (Å²) in [4.78, 5) is 11.5. The van der Waals surface area contributed by atoms with Gasteiger partial charge in [-0.1, -0.05) is 6.92 Å². The van der Waals surface area contributed by atoms with Gasteiger partial charge in [0.1, 0.15) is 5.00 Å². The summed E-state index contributed by atoms with van der Waals surface area (Å²) in [7, 11) is 0. The molecule has 0 fully saturated rings. The molecule has 5 heteroatoms. The molecule has 1 heterocycles. The van der Waals surface area contributed by atoms with E-state index in [1.807, 2.05) is 18.7 Å². The smallest absolute Gasteiger partial charge is 0.164 e. The van der Waals surface area contributed by atoms with Crippen molar-refractivity contribution >= 4 is 34.1 Å². The fourth-order valence-electron chi connectivity index (χ4n) is 1.53. The summed E-state index contributed by atoms with van der Waals surface area (Å²) in [5.74, 6) is 1.14. The minimum Gasteiger partial charge on any atom is -0.372 e. The number of ketones is 1. The van der Waals surface area contributed by atoms with Gasteiger partial charge in [-0.05, 0) is 38.1 Å². The van der Waals surface area contributed by atoms with Crippen molar-refractivity contribution < 1.29 is 4.79 Å². The summed E-state index contributed by atoms with van der Waals surface area (Å²) in [6, 6.07) is 0.410. The predicted octanol–water partition coefficient (Wildman–Crippen LogP) is 3.21. The molecule has 0 bridgehead atoms. The summed E-state index contributed by atoms with van der Waals surface area (Å²) in [6.45, 7) is 5.63. The van der Waals surface area contributed by atoms with Crippen molar-refractivity contribution in [1.82, 2.24) is 4.37 Å². The Morgan fingerprint density at radius 3 is 2.81 bits per heavy atom. The van der Waals surface area contributed by atoms with E-state index in [1.165, 1.54) is 11.5 Å². The van der Waals surface area contributed by atoms with Crippen molar-refractivity contribution in [3.63, 3.8) is 0 Å². The van der Waals surface area contributed by atoms with Crippen LogP contribution in [0.3, 0.4) is 0 Å². The minimum atomic E-state index is 0.0905. The van der Waals surface area contributed by atoms with E-state index in [0.29, 0.717) is 6.04 Å². The Balaban J connectivity index is 2.83. The molecule has 16 heavy (non-hydrogen) atoms. The lowest BCUT2D eigenvalue weighted by Crippen LogP contribution is -2.21. The number of carbonyl (C=O) groups excluding carboxylic acids is 1. The first-order valence-electron chi connectivity index (χ1n) is 5.32. The molecule has 0 aromatic carbocycles. The number of anilines is 1. The second-order valence-electron chi connectivity index (χ2n) is 3.73. The highest BCUT2D eigenvalue weighted by Crippen LogP contribution is 2.26. The molecule has 1 aromatic rings. The van der Waals surface area contributed by atoms with Gasteiger partial charge in [0.25, 0.3) is 0 Å². The molecule has 0 aliphatic rings. The van der Waals surface area contributed by atoms with Crippen LogP contribution in [0, 0.1) is 6.92 Å². The van der Waals surface area contributed by atoms with Crippen LogP contribution in [0.15, 0.2) is 0 Å². The normalized spacial score (nSPS) is 12.5. The highest BCUT2D eigenvalue weighted by atomic mass is 32.2. The lowest BCUT2D eigenvalue weighted by atomic mass is 10.1. The number of aromatic nitrogens is 1. The van der Waals surface area contributed by atoms with Crippen LogP contribution in [0.5, 0.6) is 0 Å². The van der Waals surface area contributed by atoms with E-state index in [4.69, 9.17) is 0 Å². The van der Waals surface area contributed by atoms with Crippen LogP contribution >= 0.6 is 23.3 Å². The third kappa shape index (κ3) is 3.22. The van der Waals surface area contributed by atoms with E-state index < -0.39 is 0 Å². The zero-order chi connectivity index (χ0) is 12.1. The molecule has 90 valence electrons. The highest BCUT2D eigenvalue weighted by Gasteiger charge is 2.17. The van der Waals surface area contributed by atoms with Gasteiger partial charge in [0.05, 0.1) is 11.3 Å². The van der Waals surface area contributed by atoms with Crippen molar-refractivity contribution in [3.05, 3.63) is 11.3 Å². The Morgan fingerprint density at radius 1 is 1.62 bits per heavy atom. The quantitative estimate of drug-likeness (QED) is 0.796. The van der Waals surface area contributed by atoms with Crippen molar-refractivity contribution in [2.75, 3.05) is 17.3 Å². The maximum Gasteiger partial charge on any atom is 0.164 e. The first kappa shape index (κ1) is 13.5. The van der Waals surface area contributed by atoms with Gasteiger partial charge in [-0.2, -0.15) is 16.1 Å². The average Bonchev–Trinajstić information content (AvgIpc) is 2.59. The lowest BCUT2D eigenvalue weighted by Gasteiger charge is -2.16. The molecular weight excluding hydrogens is 240 g/mol. The first-order valence-corrected chi connectivity index (χ1v) is 7.49. The number of hydrogen-bond acceptors (Lipinski definition) is 5. The summed E-state index contributed by atoms with van der Waals surface area (Å²) >= 11 is 3.19. The molecule has 0 aliphatic heterocycles. The van der Waals surface area contributed by atoms with E-state index in [9.17, 15) is 4.79 Å². The van der Waals surface area contributed by atoms with Crippen molar-refractivity contribution in [2.45, 2.75) is 33.2 Å².